The number of carbonyl (C=O) groups excluding carboxylic acids is 2. The van der Waals surface area contributed by atoms with Gasteiger partial charge in [-0.15, -0.1) is 0 Å². The number of nitrogens with one attached hydrogen (secondary N) is 1. The third kappa shape index (κ3) is 7.28. The lowest BCUT2D eigenvalue weighted by molar-refractivity contribution is -0.128. The van der Waals surface area contributed by atoms with Crippen LogP contribution >= 0.6 is 0 Å². The lowest BCUT2D eigenvalue weighted by Crippen LogP contribution is -2.57. The summed E-state index contributed by atoms with van der Waals surface area (Å²) in [6, 6.07) is 6.71. The molecule has 1 aliphatic heterocycles. The van der Waals surface area contributed by atoms with Crippen LogP contribution in [0.2, 0.25) is 36.3 Å². The second-order valence-corrected chi connectivity index (χ2v) is 23.8. The van der Waals surface area contributed by atoms with Gasteiger partial charge in [0.1, 0.15) is 12.1 Å². The van der Waals surface area contributed by atoms with Crippen LogP contribution in [-0.4, -0.2) is 78.3 Å². The summed E-state index contributed by atoms with van der Waals surface area (Å²) in [4.78, 5) is 31.6. The SMILES string of the molecule is CC(C)NC(=O)C1[C@H](O[Si](C)(C)C(C)(C)C)[C@@H](O[Si](C)(C)C(C)(C)C)CN1C(=O)c1cccc(N(C)C)c1. The monoisotopic (exact) mass is 563 g/mol. The fraction of sp³-hybridized carbons (Fsp3) is 0.724. The summed E-state index contributed by atoms with van der Waals surface area (Å²) in [6.07, 6.45) is -0.946. The van der Waals surface area contributed by atoms with E-state index in [9.17, 15) is 9.59 Å². The summed E-state index contributed by atoms with van der Waals surface area (Å²) in [5, 5.41) is 2.98. The van der Waals surface area contributed by atoms with Crippen LogP contribution in [0.15, 0.2) is 24.3 Å². The molecule has 1 N–H and O–H groups in total. The number of hydrogen-bond donors (Lipinski definition) is 1. The molecule has 0 spiro atoms. The molecule has 38 heavy (non-hydrogen) atoms. The molecule has 1 fully saturated rings. The molecule has 9 heteroatoms. The Hall–Kier alpha value is -1.69. The summed E-state index contributed by atoms with van der Waals surface area (Å²) in [5.74, 6) is -0.370. The Morgan fingerprint density at radius 3 is 1.97 bits per heavy atom. The van der Waals surface area contributed by atoms with Gasteiger partial charge < -0.3 is 24.0 Å². The van der Waals surface area contributed by atoms with Crippen LogP contribution in [0.5, 0.6) is 0 Å². The average Bonchev–Trinajstić information content (AvgIpc) is 3.07. The highest BCUT2D eigenvalue weighted by Crippen LogP contribution is 2.43. The lowest BCUT2D eigenvalue weighted by atomic mass is 10.1. The van der Waals surface area contributed by atoms with Crippen LogP contribution in [-0.2, 0) is 13.6 Å². The van der Waals surface area contributed by atoms with Crippen molar-refractivity contribution in [3.63, 3.8) is 0 Å². The summed E-state index contributed by atoms with van der Waals surface area (Å²) in [7, 11) is -0.657. The predicted molar refractivity (Wildman–Crippen MR) is 163 cm³/mol. The van der Waals surface area contributed by atoms with Crippen molar-refractivity contribution in [3.05, 3.63) is 29.8 Å². The first kappa shape index (κ1) is 32.5. The summed E-state index contributed by atoms with van der Waals surface area (Å²) in [6.45, 7) is 26.2. The number of amides is 2. The molecule has 216 valence electrons. The van der Waals surface area contributed by atoms with Crippen molar-refractivity contribution in [2.75, 3.05) is 25.5 Å². The Morgan fingerprint density at radius 2 is 1.50 bits per heavy atom. The van der Waals surface area contributed by atoms with E-state index in [0.29, 0.717) is 12.1 Å². The first-order chi connectivity index (χ1) is 17.1. The van der Waals surface area contributed by atoms with Crippen molar-refractivity contribution in [1.82, 2.24) is 10.2 Å². The fourth-order valence-corrected chi connectivity index (χ4v) is 6.70. The molecule has 2 rings (SSSR count). The van der Waals surface area contributed by atoms with Crippen LogP contribution in [0.3, 0.4) is 0 Å². The fourth-order valence-electron chi connectivity index (χ4n) is 4.06. The van der Waals surface area contributed by atoms with Crippen LogP contribution in [0, 0.1) is 0 Å². The smallest absolute Gasteiger partial charge is 0.254 e. The highest BCUT2D eigenvalue weighted by Gasteiger charge is 2.55. The Balaban J connectivity index is 2.65. The van der Waals surface area contributed by atoms with Gasteiger partial charge in [0.15, 0.2) is 16.6 Å². The third-order valence-corrected chi connectivity index (χ3v) is 17.4. The van der Waals surface area contributed by atoms with Crippen molar-refractivity contribution < 1.29 is 18.4 Å². The van der Waals surface area contributed by atoms with Gasteiger partial charge >= 0.3 is 0 Å². The van der Waals surface area contributed by atoms with Crippen molar-refractivity contribution in [1.29, 1.82) is 0 Å². The van der Waals surface area contributed by atoms with Crippen LogP contribution < -0.4 is 10.2 Å². The zero-order valence-electron chi connectivity index (χ0n) is 26.4. The maximum Gasteiger partial charge on any atom is 0.254 e. The van der Waals surface area contributed by atoms with Crippen LogP contribution in [0.1, 0.15) is 65.7 Å². The Bertz CT molecular complexity index is 996. The number of benzene rings is 1. The maximum absolute atomic E-state index is 14.1. The van der Waals surface area contributed by atoms with Gasteiger partial charge in [-0.3, -0.25) is 9.59 Å². The first-order valence-corrected chi connectivity index (χ1v) is 19.6. The van der Waals surface area contributed by atoms with Crippen LogP contribution in [0.4, 0.5) is 5.69 Å². The molecule has 7 nitrogen and oxygen atoms in total. The highest BCUT2D eigenvalue weighted by atomic mass is 28.4. The molecule has 2 amide bonds. The number of nitrogens with zero attached hydrogens (tertiary/aromatic N) is 2. The zero-order valence-corrected chi connectivity index (χ0v) is 28.4. The molecule has 1 saturated heterocycles. The minimum Gasteiger partial charge on any atom is -0.409 e. The summed E-state index contributed by atoms with van der Waals surface area (Å²) < 4.78 is 14.0. The maximum atomic E-state index is 14.1. The number of hydrogen-bond acceptors (Lipinski definition) is 5. The van der Waals surface area contributed by atoms with Crippen molar-refractivity contribution in [2.24, 2.45) is 0 Å². The molecule has 0 aromatic heterocycles. The van der Waals surface area contributed by atoms with E-state index < -0.39 is 34.9 Å². The Labute approximate surface area is 233 Å². The molecule has 1 aliphatic rings. The van der Waals surface area contributed by atoms with E-state index in [2.05, 4.69) is 73.0 Å². The van der Waals surface area contributed by atoms with Gasteiger partial charge in [-0.2, -0.15) is 0 Å². The summed E-state index contributed by atoms with van der Waals surface area (Å²) in [5.41, 5.74) is 1.49. The molecular formula is C29H53N3O4Si2. The topological polar surface area (TPSA) is 71.1 Å². The molecule has 1 unspecified atom stereocenters. The van der Waals surface area contributed by atoms with Gasteiger partial charge in [0.25, 0.3) is 5.91 Å². The van der Waals surface area contributed by atoms with Gasteiger partial charge in [-0.05, 0) is 68.3 Å². The number of rotatable bonds is 8. The number of anilines is 1. The molecule has 1 heterocycles. The molecular weight excluding hydrogens is 511 g/mol. The summed E-state index contributed by atoms with van der Waals surface area (Å²) >= 11 is 0. The van der Waals surface area contributed by atoms with E-state index in [0.717, 1.165) is 5.69 Å². The number of carbonyl (C=O) groups is 2. The second kappa shape index (κ2) is 11.4. The highest BCUT2D eigenvalue weighted by molar-refractivity contribution is 6.74. The van der Waals surface area contributed by atoms with E-state index in [-0.39, 0.29) is 27.9 Å². The molecule has 1 aromatic rings. The molecule has 1 aromatic carbocycles. The number of likely N-dealkylation sites (tertiary alicyclic amines) is 1. The standard InChI is InChI=1S/C29H53N3O4Si2/c1-20(2)30-26(33)24-25(36-38(13,14)29(6,7)8)23(35-37(11,12)28(3,4)5)19-32(24)27(34)21-16-15-17-22(18-21)31(9)10/h15-18,20,23-25H,19H2,1-14H3,(H,30,33)/t23-,24?,25+/m0/s1. The van der Waals surface area contributed by atoms with E-state index in [1.54, 1.807) is 4.90 Å². The van der Waals surface area contributed by atoms with Gasteiger partial charge in [-0.25, -0.2) is 0 Å². The zero-order chi connectivity index (χ0) is 29.4. The van der Waals surface area contributed by atoms with E-state index >= 15 is 0 Å². The molecule has 0 bridgehead atoms. The molecule has 0 saturated carbocycles. The molecule has 0 aliphatic carbocycles. The predicted octanol–water partition coefficient (Wildman–Crippen LogP) is 5.88. The van der Waals surface area contributed by atoms with E-state index in [1.165, 1.54) is 0 Å². The van der Waals surface area contributed by atoms with Gasteiger partial charge in [0, 0.05) is 37.9 Å². The van der Waals surface area contributed by atoms with Crippen LogP contribution in [0.25, 0.3) is 0 Å². The minimum absolute atomic E-state index is 0.0261. The second-order valence-electron chi connectivity index (χ2n) is 14.3. The van der Waals surface area contributed by atoms with E-state index in [1.807, 2.05) is 57.1 Å². The lowest BCUT2D eigenvalue weighted by Gasteiger charge is -2.43. The van der Waals surface area contributed by atoms with Gasteiger partial charge in [-0.1, -0.05) is 47.6 Å². The van der Waals surface area contributed by atoms with Gasteiger partial charge in [0.2, 0.25) is 5.91 Å². The molecule has 0 radical (unpaired) electrons. The largest absolute Gasteiger partial charge is 0.409 e. The quantitative estimate of drug-likeness (QED) is 0.400. The third-order valence-electron chi connectivity index (χ3n) is 8.45. The molecule has 3 atom stereocenters. The first-order valence-electron chi connectivity index (χ1n) is 13.8. The van der Waals surface area contributed by atoms with E-state index in [4.69, 9.17) is 8.85 Å². The van der Waals surface area contributed by atoms with Crippen molar-refractivity contribution in [3.8, 4) is 0 Å². The van der Waals surface area contributed by atoms with Gasteiger partial charge in [0.05, 0.1) is 6.10 Å². The van der Waals surface area contributed by atoms with Crippen molar-refractivity contribution in [2.45, 2.75) is 116 Å². The minimum atomic E-state index is -2.32. The average molecular weight is 564 g/mol. The Morgan fingerprint density at radius 1 is 0.974 bits per heavy atom. The van der Waals surface area contributed by atoms with Crippen molar-refractivity contribution >= 4 is 34.1 Å². The Kier molecular flexibility index (Phi) is 9.78. The normalized spacial score (nSPS) is 21.1.